The average Bonchev–Trinajstić information content (AvgIpc) is 2.86. The molecule has 0 heterocycles. The van der Waals surface area contributed by atoms with Gasteiger partial charge in [0, 0.05) is 5.92 Å². The first-order chi connectivity index (χ1) is 7.45. The number of hydrogen-bond acceptors (Lipinski definition) is 0. The molecular formula is C15H12. The summed E-state index contributed by atoms with van der Waals surface area (Å²) in [4.78, 5) is 0. The van der Waals surface area contributed by atoms with Crippen molar-refractivity contribution in [3.05, 3.63) is 64.8 Å². The summed E-state index contributed by atoms with van der Waals surface area (Å²) in [5.41, 5.74) is 7.89. The number of allylic oxidation sites excluding steroid dienone is 6. The van der Waals surface area contributed by atoms with Gasteiger partial charge in [0.05, 0.1) is 0 Å². The zero-order valence-electron chi connectivity index (χ0n) is 8.53. The van der Waals surface area contributed by atoms with Gasteiger partial charge in [-0.3, -0.25) is 0 Å². The summed E-state index contributed by atoms with van der Waals surface area (Å²) in [5.74, 6) is 0.677. The lowest BCUT2D eigenvalue weighted by molar-refractivity contribution is 0.889. The molecular weight excluding hydrogens is 180 g/mol. The highest BCUT2D eigenvalue weighted by molar-refractivity contribution is 5.86. The van der Waals surface area contributed by atoms with Gasteiger partial charge >= 0.3 is 0 Å². The zero-order valence-corrected chi connectivity index (χ0v) is 8.53. The van der Waals surface area contributed by atoms with Gasteiger partial charge in [-0.25, -0.2) is 0 Å². The van der Waals surface area contributed by atoms with Gasteiger partial charge in [0.15, 0.2) is 0 Å². The second kappa shape index (κ2) is 2.52. The number of rotatable bonds is 0. The van der Waals surface area contributed by atoms with Crippen LogP contribution in [-0.4, -0.2) is 0 Å². The summed E-state index contributed by atoms with van der Waals surface area (Å²) in [6, 6.07) is 8.91. The topological polar surface area (TPSA) is 0 Å². The Kier molecular flexibility index (Phi) is 1.29. The smallest absolute Gasteiger partial charge is 0.0139 e. The molecule has 0 saturated carbocycles. The van der Waals surface area contributed by atoms with Crippen LogP contribution in [0.5, 0.6) is 0 Å². The standard InChI is InChI=1S/C15H12/c1-2-6-11-10(5-1)14-9-15(11)13-8-4-3-7-12(13)14/h1-7,14H,8-9H2. The maximum Gasteiger partial charge on any atom is 0.0139 e. The van der Waals surface area contributed by atoms with E-state index < -0.39 is 0 Å². The van der Waals surface area contributed by atoms with Crippen molar-refractivity contribution in [2.24, 2.45) is 0 Å². The van der Waals surface area contributed by atoms with Crippen molar-refractivity contribution in [3.8, 4) is 0 Å². The van der Waals surface area contributed by atoms with Gasteiger partial charge in [0.25, 0.3) is 0 Å². The third-order valence-electron chi connectivity index (χ3n) is 3.89. The summed E-state index contributed by atoms with van der Waals surface area (Å²) in [5, 5.41) is 0. The molecule has 2 bridgehead atoms. The van der Waals surface area contributed by atoms with Crippen molar-refractivity contribution < 1.29 is 0 Å². The molecule has 0 aliphatic heterocycles. The van der Waals surface area contributed by atoms with Crippen molar-refractivity contribution in [3.63, 3.8) is 0 Å². The highest BCUT2D eigenvalue weighted by Gasteiger charge is 2.38. The molecule has 0 heteroatoms. The van der Waals surface area contributed by atoms with Crippen LogP contribution in [0, 0.1) is 0 Å². The van der Waals surface area contributed by atoms with Crippen LogP contribution in [0.3, 0.4) is 0 Å². The number of benzene rings is 1. The van der Waals surface area contributed by atoms with E-state index in [0.29, 0.717) is 5.92 Å². The Morgan fingerprint density at radius 3 is 3.00 bits per heavy atom. The van der Waals surface area contributed by atoms with E-state index in [-0.39, 0.29) is 0 Å². The summed E-state index contributed by atoms with van der Waals surface area (Å²) in [6.45, 7) is 0. The van der Waals surface area contributed by atoms with Crippen LogP contribution >= 0.6 is 0 Å². The lowest BCUT2D eigenvalue weighted by Gasteiger charge is -2.20. The molecule has 0 nitrogen and oxygen atoms in total. The van der Waals surface area contributed by atoms with E-state index in [1.165, 1.54) is 12.0 Å². The first-order valence-electron chi connectivity index (χ1n) is 5.63. The molecule has 0 amide bonds. The van der Waals surface area contributed by atoms with Gasteiger partial charge in [-0.05, 0) is 40.7 Å². The monoisotopic (exact) mass is 192 g/mol. The van der Waals surface area contributed by atoms with Crippen LogP contribution in [0.25, 0.3) is 5.57 Å². The quantitative estimate of drug-likeness (QED) is 0.586. The Hall–Kier alpha value is -1.56. The molecule has 0 radical (unpaired) electrons. The lowest BCUT2D eigenvalue weighted by Crippen LogP contribution is -2.02. The molecule has 0 N–H and O–H groups in total. The number of hydrogen-bond donors (Lipinski definition) is 0. The first kappa shape index (κ1) is 7.70. The maximum absolute atomic E-state index is 2.31. The molecule has 0 saturated heterocycles. The van der Waals surface area contributed by atoms with E-state index in [2.05, 4.69) is 42.5 Å². The summed E-state index contributed by atoms with van der Waals surface area (Å²) < 4.78 is 0. The highest BCUT2D eigenvalue weighted by Crippen LogP contribution is 2.56. The van der Waals surface area contributed by atoms with Crippen LogP contribution in [0.1, 0.15) is 29.9 Å². The Morgan fingerprint density at radius 1 is 1.07 bits per heavy atom. The Bertz CT molecular complexity index is 541. The summed E-state index contributed by atoms with van der Waals surface area (Å²) >= 11 is 0. The fourth-order valence-corrected chi connectivity index (χ4v) is 3.26. The van der Waals surface area contributed by atoms with Crippen LogP contribution in [0.2, 0.25) is 0 Å². The van der Waals surface area contributed by atoms with E-state index in [0.717, 1.165) is 6.42 Å². The molecule has 0 aromatic heterocycles. The van der Waals surface area contributed by atoms with Crippen LogP contribution in [-0.2, 0) is 0 Å². The Labute approximate surface area is 89.6 Å². The molecule has 4 rings (SSSR count). The molecule has 15 heavy (non-hydrogen) atoms. The molecule has 1 atom stereocenters. The van der Waals surface area contributed by atoms with E-state index in [9.17, 15) is 0 Å². The van der Waals surface area contributed by atoms with Crippen LogP contribution in [0.15, 0.2) is 53.6 Å². The Balaban J connectivity index is 2.05. The predicted octanol–water partition coefficient (Wildman–Crippen LogP) is 3.83. The molecule has 0 spiro atoms. The fraction of sp³-hybridized carbons (Fsp3) is 0.200. The van der Waals surface area contributed by atoms with Crippen molar-refractivity contribution in [1.82, 2.24) is 0 Å². The van der Waals surface area contributed by atoms with E-state index in [1.54, 1.807) is 22.3 Å². The van der Waals surface area contributed by atoms with Crippen molar-refractivity contribution >= 4 is 5.57 Å². The van der Waals surface area contributed by atoms with Gasteiger partial charge in [-0.1, -0.05) is 42.5 Å². The van der Waals surface area contributed by atoms with Crippen LogP contribution < -0.4 is 0 Å². The number of fused-ring (bicyclic) bond motifs is 7. The minimum absolute atomic E-state index is 0.677. The largest absolute Gasteiger partial charge is 0.0801 e. The third-order valence-corrected chi connectivity index (χ3v) is 3.89. The third kappa shape index (κ3) is 0.829. The van der Waals surface area contributed by atoms with Gasteiger partial charge in [0.2, 0.25) is 0 Å². The maximum atomic E-state index is 2.31. The second-order valence-corrected chi connectivity index (χ2v) is 4.56. The minimum Gasteiger partial charge on any atom is -0.0801 e. The zero-order chi connectivity index (χ0) is 9.83. The summed E-state index contributed by atoms with van der Waals surface area (Å²) in [7, 11) is 0. The van der Waals surface area contributed by atoms with E-state index in [1.807, 2.05) is 0 Å². The highest BCUT2D eigenvalue weighted by atomic mass is 14.4. The average molecular weight is 192 g/mol. The van der Waals surface area contributed by atoms with Gasteiger partial charge < -0.3 is 0 Å². The van der Waals surface area contributed by atoms with E-state index >= 15 is 0 Å². The molecule has 3 aliphatic rings. The molecule has 0 fully saturated rings. The van der Waals surface area contributed by atoms with Gasteiger partial charge in [-0.15, -0.1) is 0 Å². The van der Waals surface area contributed by atoms with E-state index in [4.69, 9.17) is 0 Å². The summed E-state index contributed by atoms with van der Waals surface area (Å²) in [6.07, 6.45) is 9.19. The SMILES string of the molecule is C1=CCC2=C3CC(C2=C1)c1ccccc13. The molecule has 1 aromatic carbocycles. The minimum atomic E-state index is 0.677. The molecule has 1 aromatic rings. The van der Waals surface area contributed by atoms with Crippen LogP contribution in [0.4, 0.5) is 0 Å². The normalized spacial score (nSPS) is 25.3. The molecule has 72 valence electrons. The van der Waals surface area contributed by atoms with Gasteiger partial charge in [0.1, 0.15) is 0 Å². The van der Waals surface area contributed by atoms with Crippen molar-refractivity contribution in [2.45, 2.75) is 18.8 Å². The van der Waals surface area contributed by atoms with Crippen molar-refractivity contribution in [1.29, 1.82) is 0 Å². The van der Waals surface area contributed by atoms with Crippen molar-refractivity contribution in [2.75, 3.05) is 0 Å². The molecule has 1 unspecified atom stereocenters. The van der Waals surface area contributed by atoms with Gasteiger partial charge in [-0.2, -0.15) is 0 Å². The molecule has 3 aliphatic carbocycles. The fourth-order valence-electron chi connectivity index (χ4n) is 3.26. The lowest BCUT2D eigenvalue weighted by atomic mass is 9.84. The second-order valence-electron chi connectivity index (χ2n) is 4.56. The first-order valence-corrected chi connectivity index (χ1v) is 5.63. The predicted molar refractivity (Wildman–Crippen MR) is 62.6 cm³/mol. The Morgan fingerprint density at radius 2 is 2.00 bits per heavy atom.